The van der Waals surface area contributed by atoms with Crippen LogP contribution in [-0.4, -0.2) is 21.6 Å². The zero-order chi connectivity index (χ0) is 14.5. The van der Waals surface area contributed by atoms with Crippen LogP contribution < -0.4 is 5.32 Å². The number of nitro benzene ring substituents is 1. The van der Waals surface area contributed by atoms with E-state index in [0.717, 1.165) is 11.3 Å². The van der Waals surface area contributed by atoms with Crippen LogP contribution in [0.4, 0.5) is 11.4 Å². The Morgan fingerprint density at radius 3 is 2.65 bits per heavy atom. The highest BCUT2D eigenvalue weighted by molar-refractivity contribution is 5.53. The molecule has 0 radical (unpaired) electrons. The van der Waals surface area contributed by atoms with Crippen LogP contribution in [0.1, 0.15) is 17.2 Å². The molecule has 0 amide bonds. The molecular formula is C14H15N3O3. The van der Waals surface area contributed by atoms with E-state index in [2.05, 4.69) is 10.3 Å². The molecule has 104 valence electrons. The molecule has 6 nitrogen and oxygen atoms in total. The molecule has 0 aliphatic rings. The summed E-state index contributed by atoms with van der Waals surface area (Å²) in [6.45, 7) is 2.00. The molecule has 2 rings (SSSR count). The minimum atomic E-state index is -0.659. The molecule has 0 fully saturated rings. The summed E-state index contributed by atoms with van der Waals surface area (Å²) in [6.07, 6.45) is 2.58. The third-order valence-electron chi connectivity index (χ3n) is 2.98. The number of aliphatic hydroxyl groups excluding tert-OH is 1. The Hall–Kier alpha value is -2.47. The summed E-state index contributed by atoms with van der Waals surface area (Å²) in [7, 11) is 0. The average molecular weight is 273 g/mol. The van der Waals surface area contributed by atoms with Crippen molar-refractivity contribution in [3.63, 3.8) is 0 Å². The minimum Gasteiger partial charge on any atom is -0.387 e. The molecule has 0 saturated heterocycles. The summed E-state index contributed by atoms with van der Waals surface area (Å²) in [5.74, 6) is 0. The Bertz CT molecular complexity index is 602. The lowest BCUT2D eigenvalue weighted by atomic mass is 10.1. The number of anilines is 1. The molecule has 6 heteroatoms. The highest BCUT2D eigenvalue weighted by Crippen LogP contribution is 2.22. The van der Waals surface area contributed by atoms with Gasteiger partial charge in [-0.15, -0.1) is 0 Å². The molecule has 1 heterocycles. The van der Waals surface area contributed by atoms with E-state index in [0.29, 0.717) is 12.1 Å². The average Bonchev–Trinajstić information content (AvgIpc) is 2.45. The minimum absolute atomic E-state index is 0.0882. The standard InChI is InChI=1S/C14H15N3O3/c1-10-8-12(2-3-13(10)17(19)20)16-9-14(18)11-4-6-15-7-5-11/h2-8,14,16,18H,9H2,1H3. The Balaban J connectivity index is 2.01. The second kappa shape index (κ2) is 6.12. The first kappa shape index (κ1) is 14.0. The van der Waals surface area contributed by atoms with Gasteiger partial charge in [-0.1, -0.05) is 0 Å². The van der Waals surface area contributed by atoms with E-state index < -0.39 is 11.0 Å². The molecule has 1 unspecified atom stereocenters. The maximum atomic E-state index is 10.7. The van der Waals surface area contributed by atoms with Gasteiger partial charge in [-0.3, -0.25) is 15.1 Å². The van der Waals surface area contributed by atoms with Gasteiger partial charge in [-0.05, 0) is 36.8 Å². The number of aryl methyl sites for hydroxylation is 1. The van der Waals surface area contributed by atoms with E-state index in [-0.39, 0.29) is 5.69 Å². The lowest BCUT2D eigenvalue weighted by molar-refractivity contribution is -0.385. The van der Waals surface area contributed by atoms with Crippen LogP contribution in [0, 0.1) is 17.0 Å². The summed E-state index contributed by atoms with van der Waals surface area (Å²) in [5.41, 5.74) is 2.18. The summed E-state index contributed by atoms with van der Waals surface area (Å²) in [5, 5.41) is 23.8. The Kier molecular flexibility index (Phi) is 4.27. The van der Waals surface area contributed by atoms with E-state index in [4.69, 9.17) is 0 Å². The number of aliphatic hydroxyl groups is 1. The zero-order valence-corrected chi connectivity index (χ0v) is 11.0. The fourth-order valence-electron chi connectivity index (χ4n) is 1.89. The topological polar surface area (TPSA) is 88.3 Å². The predicted octanol–water partition coefficient (Wildman–Crippen LogP) is 2.44. The maximum Gasteiger partial charge on any atom is 0.272 e. The number of hydrogen-bond acceptors (Lipinski definition) is 5. The summed E-state index contributed by atoms with van der Waals surface area (Å²) in [6, 6.07) is 8.26. The maximum absolute atomic E-state index is 10.7. The van der Waals surface area contributed by atoms with Crippen molar-refractivity contribution in [3.05, 3.63) is 64.0 Å². The van der Waals surface area contributed by atoms with Crippen LogP contribution in [0.5, 0.6) is 0 Å². The first-order chi connectivity index (χ1) is 9.58. The van der Waals surface area contributed by atoms with Gasteiger partial charge in [0.1, 0.15) is 0 Å². The van der Waals surface area contributed by atoms with Crippen molar-refractivity contribution in [1.29, 1.82) is 0 Å². The number of aromatic nitrogens is 1. The molecule has 2 aromatic rings. The van der Waals surface area contributed by atoms with E-state index >= 15 is 0 Å². The van der Waals surface area contributed by atoms with Crippen LogP contribution in [-0.2, 0) is 0 Å². The Labute approximate surface area is 116 Å². The van der Waals surface area contributed by atoms with Crippen LogP contribution in [0.2, 0.25) is 0 Å². The largest absolute Gasteiger partial charge is 0.387 e. The molecule has 0 aliphatic heterocycles. The van der Waals surface area contributed by atoms with Crippen molar-refractivity contribution in [2.75, 3.05) is 11.9 Å². The van der Waals surface area contributed by atoms with Crippen molar-refractivity contribution in [1.82, 2.24) is 4.98 Å². The van der Waals surface area contributed by atoms with Crippen molar-refractivity contribution >= 4 is 11.4 Å². The second-order valence-electron chi connectivity index (χ2n) is 4.44. The molecular weight excluding hydrogens is 258 g/mol. The molecule has 1 aromatic carbocycles. The highest BCUT2D eigenvalue weighted by Gasteiger charge is 2.11. The van der Waals surface area contributed by atoms with Crippen LogP contribution in [0.3, 0.4) is 0 Å². The predicted molar refractivity (Wildman–Crippen MR) is 75.5 cm³/mol. The third-order valence-corrected chi connectivity index (χ3v) is 2.98. The summed E-state index contributed by atoms with van der Waals surface area (Å²) in [4.78, 5) is 14.2. The number of nitrogens with zero attached hydrogens (tertiary/aromatic N) is 2. The van der Waals surface area contributed by atoms with Gasteiger partial charge >= 0.3 is 0 Å². The van der Waals surface area contributed by atoms with Crippen LogP contribution in [0.25, 0.3) is 0 Å². The molecule has 0 spiro atoms. The van der Waals surface area contributed by atoms with Gasteiger partial charge in [0.15, 0.2) is 0 Å². The third kappa shape index (κ3) is 3.30. The molecule has 1 atom stereocenters. The molecule has 2 N–H and O–H groups in total. The normalized spacial score (nSPS) is 11.9. The van der Waals surface area contributed by atoms with E-state index in [9.17, 15) is 15.2 Å². The Morgan fingerprint density at radius 1 is 1.35 bits per heavy atom. The highest BCUT2D eigenvalue weighted by atomic mass is 16.6. The van der Waals surface area contributed by atoms with Gasteiger partial charge in [0.05, 0.1) is 11.0 Å². The van der Waals surface area contributed by atoms with E-state index in [1.165, 1.54) is 6.07 Å². The second-order valence-corrected chi connectivity index (χ2v) is 4.44. The van der Waals surface area contributed by atoms with Gasteiger partial charge in [0, 0.05) is 36.3 Å². The quantitative estimate of drug-likeness (QED) is 0.645. The number of benzene rings is 1. The fourth-order valence-corrected chi connectivity index (χ4v) is 1.89. The monoisotopic (exact) mass is 273 g/mol. The smallest absolute Gasteiger partial charge is 0.272 e. The van der Waals surface area contributed by atoms with Gasteiger partial charge in [0.25, 0.3) is 5.69 Å². The van der Waals surface area contributed by atoms with Gasteiger partial charge < -0.3 is 10.4 Å². The molecule has 0 saturated carbocycles. The number of pyridine rings is 1. The molecule has 20 heavy (non-hydrogen) atoms. The van der Waals surface area contributed by atoms with E-state index in [1.54, 1.807) is 43.6 Å². The molecule has 1 aromatic heterocycles. The number of hydrogen-bond donors (Lipinski definition) is 2. The van der Waals surface area contributed by atoms with Gasteiger partial charge in [0.2, 0.25) is 0 Å². The first-order valence-electron chi connectivity index (χ1n) is 6.15. The fraction of sp³-hybridized carbons (Fsp3) is 0.214. The van der Waals surface area contributed by atoms with Gasteiger partial charge in [-0.2, -0.15) is 0 Å². The molecule has 0 aliphatic carbocycles. The summed E-state index contributed by atoms with van der Waals surface area (Å²) >= 11 is 0. The van der Waals surface area contributed by atoms with Crippen LogP contribution in [0.15, 0.2) is 42.7 Å². The van der Waals surface area contributed by atoms with Gasteiger partial charge in [-0.25, -0.2) is 0 Å². The number of nitrogens with one attached hydrogen (secondary N) is 1. The van der Waals surface area contributed by atoms with Crippen LogP contribution >= 0.6 is 0 Å². The number of nitro groups is 1. The first-order valence-corrected chi connectivity index (χ1v) is 6.15. The van der Waals surface area contributed by atoms with Crippen molar-refractivity contribution < 1.29 is 10.0 Å². The van der Waals surface area contributed by atoms with Crippen molar-refractivity contribution in [3.8, 4) is 0 Å². The van der Waals surface area contributed by atoms with E-state index in [1.807, 2.05) is 0 Å². The molecule has 0 bridgehead atoms. The lowest BCUT2D eigenvalue weighted by Gasteiger charge is -2.13. The zero-order valence-electron chi connectivity index (χ0n) is 11.0. The Morgan fingerprint density at radius 2 is 2.05 bits per heavy atom. The van der Waals surface area contributed by atoms with Crippen molar-refractivity contribution in [2.24, 2.45) is 0 Å². The number of rotatable bonds is 5. The van der Waals surface area contributed by atoms with Crippen molar-refractivity contribution in [2.45, 2.75) is 13.0 Å². The lowest BCUT2D eigenvalue weighted by Crippen LogP contribution is -2.12. The SMILES string of the molecule is Cc1cc(NCC(O)c2ccncc2)ccc1[N+](=O)[O-]. The summed E-state index contributed by atoms with van der Waals surface area (Å²) < 4.78 is 0.